The van der Waals surface area contributed by atoms with E-state index < -0.39 is 0 Å². The summed E-state index contributed by atoms with van der Waals surface area (Å²) in [5, 5.41) is 0. The van der Waals surface area contributed by atoms with Crippen molar-refractivity contribution in [3.05, 3.63) is 29.3 Å². The lowest BCUT2D eigenvalue weighted by Crippen LogP contribution is -2.33. The van der Waals surface area contributed by atoms with E-state index in [9.17, 15) is 4.79 Å². The number of amides is 1. The van der Waals surface area contributed by atoms with Crippen LogP contribution < -0.4 is 10.5 Å². The number of nitrogens with zero attached hydrogens (tertiary/aromatic N) is 1. The summed E-state index contributed by atoms with van der Waals surface area (Å²) in [6.07, 6.45) is 5.35. The molecule has 1 amide bonds. The van der Waals surface area contributed by atoms with Crippen LogP contribution >= 0.6 is 0 Å². The molecular weight excluding hydrogens is 252 g/mol. The highest BCUT2D eigenvalue weighted by Gasteiger charge is 2.29. The van der Waals surface area contributed by atoms with E-state index in [2.05, 4.69) is 6.07 Å². The zero-order chi connectivity index (χ0) is 14.1. The Balaban J connectivity index is 1.68. The summed E-state index contributed by atoms with van der Waals surface area (Å²) in [7, 11) is 1.86. The summed E-state index contributed by atoms with van der Waals surface area (Å²) in [4.78, 5) is 13.8. The van der Waals surface area contributed by atoms with Crippen LogP contribution in [0.15, 0.2) is 18.2 Å². The lowest BCUT2D eigenvalue weighted by molar-refractivity contribution is -0.132. The fraction of sp³-hybridized carbons (Fsp3) is 0.562. The van der Waals surface area contributed by atoms with E-state index in [-0.39, 0.29) is 18.6 Å². The Kier molecular flexibility index (Phi) is 3.66. The van der Waals surface area contributed by atoms with Crippen molar-refractivity contribution in [1.82, 2.24) is 4.90 Å². The van der Waals surface area contributed by atoms with Crippen LogP contribution in [0.3, 0.4) is 0 Å². The second-order valence-corrected chi connectivity index (χ2v) is 5.85. The second kappa shape index (κ2) is 5.44. The summed E-state index contributed by atoms with van der Waals surface area (Å²) in [6, 6.07) is 6.52. The maximum atomic E-state index is 12.0. The van der Waals surface area contributed by atoms with Crippen LogP contribution in [0.25, 0.3) is 0 Å². The molecule has 0 radical (unpaired) electrons. The number of carbonyl (C=O) groups is 1. The SMILES string of the molecule is CN(C(=O)COc1cccc2c1CCCC2N)C1CC1. The van der Waals surface area contributed by atoms with E-state index in [1.165, 1.54) is 11.1 Å². The predicted octanol–water partition coefficient (Wildman–Crippen LogP) is 2.02. The van der Waals surface area contributed by atoms with Crippen LogP contribution in [0.2, 0.25) is 0 Å². The van der Waals surface area contributed by atoms with Gasteiger partial charge in [-0.2, -0.15) is 0 Å². The third-order valence-electron chi connectivity index (χ3n) is 4.35. The van der Waals surface area contributed by atoms with Gasteiger partial charge >= 0.3 is 0 Å². The zero-order valence-corrected chi connectivity index (χ0v) is 12.0. The van der Waals surface area contributed by atoms with Crippen LogP contribution in [0.1, 0.15) is 42.9 Å². The Morgan fingerprint density at radius 1 is 1.40 bits per heavy atom. The van der Waals surface area contributed by atoms with Gasteiger partial charge in [-0.25, -0.2) is 0 Å². The normalized spacial score (nSPS) is 21.2. The Hall–Kier alpha value is -1.55. The minimum atomic E-state index is 0.0604. The molecule has 0 aliphatic heterocycles. The van der Waals surface area contributed by atoms with E-state index in [1.807, 2.05) is 19.2 Å². The molecule has 1 saturated carbocycles. The van der Waals surface area contributed by atoms with Crippen LogP contribution in [0, 0.1) is 0 Å². The maximum Gasteiger partial charge on any atom is 0.260 e. The highest BCUT2D eigenvalue weighted by molar-refractivity contribution is 5.78. The number of hydrogen-bond donors (Lipinski definition) is 1. The lowest BCUT2D eigenvalue weighted by atomic mass is 9.88. The van der Waals surface area contributed by atoms with Crippen molar-refractivity contribution in [3.8, 4) is 5.75 Å². The van der Waals surface area contributed by atoms with E-state index in [4.69, 9.17) is 10.5 Å². The second-order valence-electron chi connectivity index (χ2n) is 5.85. The molecule has 3 rings (SSSR count). The molecule has 2 N–H and O–H groups in total. The van der Waals surface area contributed by atoms with Crippen molar-refractivity contribution >= 4 is 5.91 Å². The van der Waals surface area contributed by atoms with Crippen molar-refractivity contribution in [2.75, 3.05) is 13.7 Å². The molecule has 4 nitrogen and oxygen atoms in total. The Morgan fingerprint density at radius 3 is 2.95 bits per heavy atom. The molecule has 20 heavy (non-hydrogen) atoms. The molecule has 0 aromatic heterocycles. The van der Waals surface area contributed by atoms with E-state index in [0.29, 0.717) is 6.04 Å². The minimum absolute atomic E-state index is 0.0604. The number of hydrogen-bond acceptors (Lipinski definition) is 3. The first-order valence-corrected chi connectivity index (χ1v) is 7.42. The van der Waals surface area contributed by atoms with Crippen LogP contribution in [-0.2, 0) is 11.2 Å². The monoisotopic (exact) mass is 274 g/mol. The molecular formula is C16H22N2O2. The quantitative estimate of drug-likeness (QED) is 0.914. The molecule has 1 aromatic carbocycles. The number of carbonyl (C=O) groups excluding carboxylic acids is 1. The first-order valence-electron chi connectivity index (χ1n) is 7.42. The summed E-state index contributed by atoms with van der Waals surface area (Å²) >= 11 is 0. The van der Waals surface area contributed by atoms with E-state index >= 15 is 0 Å². The average molecular weight is 274 g/mol. The Labute approximate surface area is 119 Å². The molecule has 0 spiro atoms. The predicted molar refractivity (Wildman–Crippen MR) is 77.6 cm³/mol. The van der Waals surface area contributed by atoms with Crippen molar-refractivity contribution in [2.45, 2.75) is 44.2 Å². The van der Waals surface area contributed by atoms with Crippen molar-refractivity contribution in [1.29, 1.82) is 0 Å². The Morgan fingerprint density at radius 2 is 2.20 bits per heavy atom. The van der Waals surface area contributed by atoms with Crippen LogP contribution in [-0.4, -0.2) is 30.5 Å². The van der Waals surface area contributed by atoms with Gasteiger partial charge in [0.25, 0.3) is 5.91 Å². The molecule has 0 bridgehead atoms. The van der Waals surface area contributed by atoms with Crippen molar-refractivity contribution < 1.29 is 9.53 Å². The molecule has 4 heteroatoms. The van der Waals surface area contributed by atoms with E-state index in [1.54, 1.807) is 4.90 Å². The highest BCUT2D eigenvalue weighted by atomic mass is 16.5. The van der Waals surface area contributed by atoms with Gasteiger partial charge in [0.1, 0.15) is 5.75 Å². The molecule has 1 atom stereocenters. The molecule has 1 aromatic rings. The topological polar surface area (TPSA) is 55.6 Å². The lowest BCUT2D eigenvalue weighted by Gasteiger charge is -2.24. The smallest absolute Gasteiger partial charge is 0.260 e. The van der Waals surface area contributed by atoms with Crippen molar-refractivity contribution in [3.63, 3.8) is 0 Å². The zero-order valence-electron chi connectivity index (χ0n) is 12.0. The minimum Gasteiger partial charge on any atom is -0.483 e. The van der Waals surface area contributed by atoms with Gasteiger partial charge in [0.2, 0.25) is 0 Å². The summed E-state index contributed by atoms with van der Waals surface area (Å²) in [6.45, 7) is 0.124. The summed E-state index contributed by atoms with van der Waals surface area (Å²) < 4.78 is 5.77. The molecule has 1 unspecified atom stereocenters. The van der Waals surface area contributed by atoms with Gasteiger partial charge in [-0.15, -0.1) is 0 Å². The molecule has 2 aliphatic rings. The van der Waals surface area contributed by atoms with Crippen molar-refractivity contribution in [2.24, 2.45) is 5.73 Å². The van der Waals surface area contributed by atoms with Gasteiger partial charge in [0, 0.05) is 19.1 Å². The third-order valence-corrected chi connectivity index (χ3v) is 4.35. The molecule has 1 fully saturated rings. The maximum absolute atomic E-state index is 12.0. The molecule has 108 valence electrons. The average Bonchev–Trinajstić information content (AvgIpc) is 3.29. The van der Waals surface area contributed by atoms with Crippen LogP contribution in [0.5, 0.6) is 5.75 Å². The number of rotatable bonds is 4. The first-order chi connectivity index (χ1) is 9.66. The van der Waals surface area contributed by atoms with Gasteiger partial charge < -0.3 is 15.4 Å². The first kappa shape index (κ1) is 13.4. The molecule has 0 saturated heterocycles. The summed E-state index contributed by atoms with van der Waals surface area (Å²) in [5.74, 6) is 0.889. The standard InChI is InChI=1S/C16H22N2O2/c1-18(11-8-9-11)16(19)10-20-15-7-3-4-12-13(15)5-2-6-14(12)17/h3-4,7,11,14H,2,5-6,8-10,17H2,1H3. The molecule has 0 heterocycles. The Bertz CT molecular complexity index is 511. The summed E-state index contributed by atoms with van der Waals surface area (Å²) in [5.41, 5.74) is 8.50. The number of nitrogens with two attached hydrogens (primary N) is 1. The number of likely N-dealkylation sites (N-methyl/N-ethyl adjacent to an activating group) is 1. The van der Waals surface area contributed by atoms with Gasteiger partial charge in [-0.1, -0.05) is 12.1 Å². The van der Waals surface area contributed by atoms with E-state index in [0.717, 1.165) is 37.9 Å². The fourth-order valence-electron chi connectivity index (χ4n) is 2.89. The van der Waals surface area contributed by atoms with Gasteiger partial charge in [0.15, 0.2) is 6.61 Å². The van der Waals surface area contributed by atoms with Gasteiger partial charge in [0.05, 0.1) is 0 Å². The van der Waals surface area contributed by atoms with Crippen LogP contribution in [0.4, 0.5) is 0 Å². The number of benzene rings is 1. The van der Waals surface area contributed by atoms with Gasteiger partial charge in [-0.05, 0) is 49.3 Å². The highest BCUT2D eigenvalue weighted by Crippen LogP contribution is 2.34. The number of ether oxygens (including phenoxy) is 1. The fourth-order valence-corrected chi connectivity index (χ4v) is 2.89. The van der Waals surface area contributed by atoms with Gasteiger partial charge in [-0.3, -0.25) is 4.79 Å². The number of fused-ring (bicyclic) bond motifs is 1. The molecule has 2 aliphatic carbocycles. The third kappa shape index (κ3) is 2.66. The largest absolute Gasteiger partial charge is 0.483 e.